The topological polar surface area (TPSA) is 58.5 Å². The first-order valence-electron chi connectivity index (χ1n) is 8.22. The maximum absolute atomic E-state index is 4.47. The lowest BCUT2D eigenvalue weighted by Crippen LogP contribution is -2.28. The summed E-state index contributed by atoms with van der Waals surface area (Å²) in [6.07, 6.45) is 9.45. The zero-order chi connectivity index (χ0) is 15.5. The molecule has 5 nitrogen and oxygen atoms in total. The highest BCUT2D eigenvalue weighted by Gasteiger charge is 2.19. The van der Waals surface area contributed by atoms with Crippen molar-refractivity contribution < 1.29 is 0 Å². The van der Waals surface area contributed by atoms with Gasteiger partial charge in [0.25, 0.3) is 0 Å². The van der Waals surface area contributed by atoms with Gasteiger partial charge in [0.05, 0.1) is 18.4 Å². The van der Waals surface area contributed by atoms with Gasteiger partial charge in [-0.3, -0.25) is 0 Å². The van der Waals surface area contributed by atoms with Crippen LogP contribution in [-0.4, -0.2) is 26.1 Å². The third kappa shape index (κ3) is 3.05. The number of fused-ring (bicyclic) bond motifs is 1. The van der Waals surface area contributed by atoms with E-state index in [1.165, 1.54) is 24.2 Å². The molecule has 3 aromatic rings. The molecule has 0 fully saturated rings. The maximum atomic E-state index is 4.47. The number of rotatable bonds is 5. The van der Waals surface area contributed by atoms with Crippen molar-refractivity contribution in [2.24, 2.45) is 0 Å². The second kappa shape index (κ2) is 6.38. The maximum Gasteiger partial charge on any atom is 0.120 e. The minimum atomic E-state index is 0.504. The second-order valence-corrected chi connectivity index (χ2v) is 6.04. The van der Waals surface area contributed by atoms with Gasteiger partial charge in [0.1, 0.15) is 11.6 Å². The van der Waals surface area contributed by atoms with Gasteiger partial charge in [0.2, 0.25) is 0 Å². The van der Waals surface area contributed by atoms with E-state index in [0.29, 0.717) is 6.04 Å². The van der Waals surface area contributed by atoms with Crippen LogP contribution in [0.5, 0.6) is 0 Å². The number of benzene rings is 1. The van der Waals surface area contributed by atoms with Gasteiger partial charge in [-0.2, -0.15) is 0 Å². The molecule has 1 atom stereocenters. The number of hydrogen-bond donors (Lipinski definition) is 2. The fourth-order valence-electron chi connectivity index (χ4n) is 3.28. The van der Waals surface area contributed by atoms with Gasteiger partial charge in [-0.1, -0.05) is 30.3 Å². The average Bonchev–Trinajstić information content (AvgIpc) is 3.25. The third-order valence-electron chi connectivity index (χ3n) is 4.47. The molecular formula is C18H21N5. The number of aryl methyl sites for hydroxylation is 1. The molecule has 2 aromatic heterocycles. The molecule has 4 rings (SSSR count). The number of imidazole rings is 2. The highest BCUT2D eigenvalue weighted by molar-refractivity contribution is 5.57. The lowest BCUT2D eigenvalue weighted by molar-refractivity contribution is 0.374. The van der Waals surface area contributed by atoms with E-state index in [9.17, 15) is 0 Å². The molecule has 0 saturated heterocycles. The summed E-state index contributed by atoms with van der Waals surface area (Å²) in [5.74, 6) is 2.19. The first kappa shape index (κ1) is 14.2. The summed E-state index contributed by atoms with van der Waals surface area (Å²) in [5, 5.41) is 3.52. The molecule has 1 aromatic carbocycles. The normalized spacial score (nSPS) is 17.1. The Bertz CT molecular complexity index is 759. The third-order valence-corrected chi connectivity index (χ3v) is 4.47. The molecule has 0 aliphatic carbocycles. The van der Waals surface area contributed by atoms with E-state index in [-0.39, 0.29) is 0 Å². The van der Waals surface area contributed by atoms with Crippen LogP contribution in [0, 0.1) is 0 Å². The van der Waals surface area contributed by atoms with E-state index in [1.54, 1.807) is 0 Å². The fourth-order valence-corrected chi connectivity index (χ4v) is 3.28. The Morgan fingerprint density at radius 1 is 1.22 bits per heavy atom. The van der Waals surface area contributed by atoms with Crippen molar-refractivity contribution >= 4 is 0 Å². The highest BCUT2D eigenvalue weighted by Crippen LogP contribution is 2.23. The van der Waals surface area contributed by atoms with Gasteiger partial charge < -0.3 is 14.9 Å². The zero-order valence-corrected chi connectivity index (χ0v) is 13.1. The van der Waals surface area contributed by atoms with Crippen LogP contribution in [0.1, 0.15) is 30.5 Å². The molecule has 0 spiro atoms. The number of aromatic amines is 1. The van der Waals surface area contributed by atoms with Crippen LogP contribution in [0.3, 0.4) is 0 Å². The summed E-state index contributed by atoms with van der Waals surface area (Å²) in [6, 6.07) is 10.8. The highest BCUT2D eigenvalue weighted by atomic mass is 15.1. The van der Waals surface area contributed by atoms with Crippen LogP contribution < -0.4 is 5.32 Å². The van der Waals surface area contributed by atoms with Crippen LogP contribution in [0.25, 0.3) is 11.3 Å². The average molecular weight is 307 g/mol. The van der Waals surface area contributed by atoms with Crippen LogP contribution in [-0.2, 0) is 13.0 Å². The van der Waals surface area contributed by atoms with E-state index in [0.717, 1.165) is 31.0 Å². The predicted octanol–water partition coefficient (Wildman–Crippen LogP) is 2.94. The Morgan fingerprint density at radius 2 is 2.13 bits per heavy atom. The molecule has 3 heterocycles. The monoisotopic (exact) mass is 307 g/mol. The molecule has 1 aliphatic rings. The quantitative estimate of drug-likeness (QED) is 0.762. The number of hydrogen-bond acceptors (Lipinski definition) is 3. The smallest absolute Gasteiger partial charge is 0.120 e. The zero-order valence-electron chi connectivity index (χ0n) is 13.1. The van der Waals surface area contributed by atoms with Crippen LogP contribution in [0.4, 0.5) is 0 Å². The van der Waals surface area contributed by atoms with Gasteiger partial charge in [0, 0.05) is 31.4 Å². The largest absolute Gasteiger partial charge is 0.341 e. The van der Waals surface area contributed by atoms with Gasteiger partial charge in [0.15, 0.2) is 0 Å². The van der Waals surface area contributed by atoms with Crippen molar-refractivity contribution in [2.75, 3.05) is 6.54 Å². The van der Waals surface area contributed by atoms with Gasteiger partial charge in [-0.15, -0.1) is 0 Å². The molecule has 2 N–H and O–H groups in total. The van der Waals surface area contributed by atoms with E-state index >= 15 is 0 Å². The van der Waals surface area contributed by atoms with Crippen LogP contribution in [0.15, 0.2) is 48.9 Å². The molecule has 0 saturated carbocycles. The minimum Gasteiger partial charge on any atom is -0.341 e. The Labute approximate surface area is 135 Å². The Morgan fingerprint density at radius 3 is 3.04 bits per heavy atom. The number of aromatic nitrogens is 4. The fraction of sp³-hybridized carbons (Fsp3) is 0.333. The van der Waals surface area contributed by atoms with Crippen LogP contribution >= 0.6 is 0 Å². The van der Waals surface area contributed by atoms with Crippen LogP contribution in [0.2, 0.25) is 0 Å². The Kier molecular flexibility index (Phi) is 3.94. The SMILES string of the molecule is c1ccc(-c2cnc(CNCC3CCCc4nccn43)[nH]2)cc1. The summed E-state index contributed by atoms with van der Waals surface area (Å²) in [4.78, 5) is 12.3. The van der Waals surface area contributed by atoms with Crippen molar-refractivity contribution in [3.63, 3.8) is 0 Å². The number of H-pyrrole nitrogens is 1. The summed E-state index contributed by atoms with van der Waals surface area (Å²) < 4.78 is 2.31. The van der Waals surface area contributed by atoms with Crippen molar-refractivity contribution in [1.29, 1.82) is 0 Å². The van der Waals surface area contributed by atoms with Crippen molar-refractivity contribution in [1.82, 2.24) is 24.8 Å². The molecule has 1 unspecified atom stereocenters. The van der Waals surface area contributed by atoms with E-state index in [2.05, 4.69) is 43.2 Å². The van der Waals surface area contributed by atoms with Crippen molar-refractivity contribution in [3.8, 4) is 11.3 Å². The molecule has 1 aliphatic heterocycles. The number of nitrogens with zero attached hydrogens (tertiary/aromatic N) is 3. The van der Waals surface area contributed by atoms with E-state index in [1.807, 2.05) is 30.6 Å². The van der Waals surface area contributed by atoms with Crippen molar-refractivity contribution in [3.05, 3.63) is 60.6 Å². The lowest BCUT2D eigenvalue weighted by atomic mass is 10.0. The molecular weight excluding hydrogens is 286 g/mol. The van der Waals surface area contributed by atoms with E-state index < -0.39 is 0 Å². The molecule has 5 heteroatoms. The predicted molar refractivity (Wildman–Crippen MR) is 89.9 cm³/mol. The summed E-state index contributed by atoms with van der Waals surface area (Å²) in [6.45, 7) is 1.71. The van der Waals surface area contributed by atoms with Gasteiger partial charge in [-0.25, -0.2) is 9.97 Å². The summed E-state index contributed by atoms with van der Waals surface area (Å²) >= 11 is 0. The lowest BCUT2D eigenvalue weighted by Gasteiger charge is -2.25. The van der Waals surface area contributed by atoms with E-state index in [4.69, 9.17) is 0 Å². The minimum absolute atomic E-state index is 0.504. The molecule has 118 valence electrons. The standard InChI is InChI=1S/C18H21N5/c1-2-5-14(6-3-1)16-12-21-17(22-16)13-19-11-15-7-4-8-18-20-9-10-23(15)18/h1-3,5-6,9-10,12,15,19H,4,7-8,11,13H2,(H,21,22). The first-order chi connectivity index (χ1) is 11.4. The molecule has 0 amide bonds. The second-order valence-electron chi connectivity index (χ2n) is 6.04. The molecule has 0 radical (unpaired) electrons. The first-order valence-corrected chi connectivity index (χ1v) is 8.22. The molecule has 0 bridgehead atoms. The Balaban J connectivity index is 1.35. The molecule has 23 heavy (non-hydrogen) atoms. The number of nitrogens with one attached hydrogen (secondary N) is 2. The summed E-state index contributed by atoms with van der Waals surface area (Å²) in [7, 11) is 0. The summed E-state index contributed by atoms with van der Waals surface area (Å²) in [5.41, 5.74) is 2.23. The van der Waals surface area contributed by atoms with Gasteiger partial charge >= 0.3 is 0 Å². The van der Waals surface area contributed by atoms with Crippen molar-refractivity contribution in [2.45, 2.75) is 31.8 Å². The Hall–Kier alpha value is -2.40. The van der Waals surface area contributed by atoms with Gasteiger partial charge in [-0.05, 0) is 18.4 Å².